The molecule has 2 saturated heterocycles. The number of anilines is 2. The van der Waals surface area contributed by atoms with Crippen LogP contribution >= 0.6 is 39.1 Å². The van der Waals surface area contributed by atoms with Crippen LogP contribution in [0.25, 0.3) is 22.3 Å². The van der Waals surface area contributed by atoms with Crippen molar-refractivity contribution >= 4 is 73.1 Å². The summed E-state index contributed by atoms with van der Waals surface area (Å²) in [5.74, 6) is -0.127. The molecule has 0 aliphatic carbocycles. The number of nitrogens with zero attached hydrogens (tertiary/aromatic N) is 8. The zero-order valence-electron chi connectivity index (χ0n) is 32.4. The van der Waals surface area contributed by atoms with Crippen LogP contribution in [0.1, 0.15) is 12.5 Å². The van der Waals surface area contributed by atoms with Crippen molar-refractivity contribution in [2.24, 2.45) is 0 Å². The van der Waals surface area contributed by atoms with Crippen LogP contribution < -0.4 is 184 Å². The molecule has 0 amide bonds. The molecule has 32 nitrogen and oxygen atoms in total. The van der Waals surface area contributed by atoms with E-state index in [4.69, 9.17) is 20.9 Å². The molecular weight excluding hydrogens is 1000 g/mol. The Morgan fingerprint density at radius 3 is 1.16 bits per heavy atom. The van der Waals surface area contributed by atoms with E-state index in [9.17, 15) is 67.7 Å². The minimum absolute atomic E-state index is 0. The van der Waals surface area contributed by atoms with Gasteiger partial charge < -0.3 is 74.9 Å². The van der Waals surface area contributed by atoms with E-state index in [2.05, 4.69) is 56.2 Å². The van der Waals surface area contributed by atoms with E-state index < -0.39 is 101 Å². The van der Waals surface area contributed by atoms with Gasteiger partial charge in [-0.05, 0) is 0 Å². The summed E-state index contributed by atoms with van der Waals surface area (Å²) in [6, 6.07) is 0. The van der Waals surface area contributed by atoms with Crippen LogP contribution in [-0.2, 0) is 58.6 Å². The number of phosphoric acid groups is 5. The summed E-state index contributed by atoms with van der Waals surface area (Å²) in [5.41, 5.74) is 11.5. The van der Waals surface area contributed by atoms with Gasteiger partial charge in [0, 0.05) is 0 Å². The number of rotatable bonds is 16. The number of aromatic nitrogens is 8. The van der Waals surface area contributed by atoms with Gasteiger partial charge in [0.15, 0.2) is 35.4 Å². The monoisotopic (exact) mass is 1030 g/mol. The van der Waals surface area contributed by atoms with Gasteiger partial charge in [0.05, 0.1) is 25.9 Å². The molecule has 4 aromatic heterocycles. The molecular formula is C20H24N10Na5O22P5. The summed E-state index contributed by atoms with van der Waals surface area (Å²) in [5, 5.41) is 41.6. The van der Waals surface area contributed by atoms with Crippen molar-refractivity contribution < 1.29 is 251 Å². The molecule has 2 aliphatic rings. The van der Waals surface area contributed by atoms with Crippen LogP contribution in [0.15, 0.2) is 25.3 Å². The van der Waals surface area contributed by atoms with Gasteiger partial charge in [-0.25, -0.2) is 47.1 Å². The minimum Gasteiger partial charge on any atom is -0.756 e. The first kappa shape index (κ1) is 62.2. The molecule has 8 N–H and O–H groups in total. The second-order valence-electron chi connectivity index (χ2n) is 11.4. The molecule has 0 saturated carbocycles. The molecule has 4 aromatic rings. The van der Waals surface area contributed by atoms with E-state index in [0.717, 1.165) is 34.4 Å². The first-order valence-electron chi connectivity index (χ1n) is 15.0. The molecule has 316 valence electrons. The topological polar surface area (TPSA) is 495 Å². The number of hydrogen-bond acceptors (Lipinski definition) is 30. The molecule has 6 rings (SSSR count). The summed E-state index contributed by atoms with van der Waals surface area (Å²) in [4.78, 5) is 83.8. The maximum Gasteiger partial charge on any atom is 1.00 e. The fourth-order valence-electron chi connectivity index (χ4n) is 5.22. The zero-order valence-corrected chi connectivity index (χ0v) is 46.9. The summed E-state index contributed by atoms with van der Waals surface area (Å²) < 4.78 is 96.0. The number of ether oxygens (including phenoxy) is 2. The molecule has 2 fully saturated rings. The predicted molar refractivity (Wildman–Crippen MR) is 166 cm³/mol. The molecule has 0 radical (unpaired) electrons. The number of nitrogen functional groups attached to an aromatic ring is 2. The zero-order chi connectivity index (χ0) is 41.9. The maximum absolute atomic E-state index is 12.2. The van der Waals surface area contributed by atoms with Crippen LogP contribution in [-0.4, -0.2) is 109 Å². The second kappa shape index (κ2) is 24.3. The third-order valence-corrected chi connectivity index (χ3v) is 14.9. The Hall–Kier alpha value is 2.17. The van der Waals surface area contributed by atoms with Crippen LogP contribution in [0.4, 0.5) is 11.6 Å². The van der Waals surface area contributed by atoms with Gasteiger partial charge >= 0.3 is 148 Å². The Morgan fingerprint density at radius 1 is 0.532 bits per heavy atom. The number of nitrogens with two attached hydrogens (primary N) is 2. The average molecular weight is 1030 g/mol. The van der Waals surface area contributed by atoms with Crippen molar-refractivity contribution in [3.63, 3.8) is 0 Å². The van der Waals surface area contributed by atoms with Gasteiger partial charge in [0.25, 0.3) is 39.1 Å². The third-order valence-electron chi connectivity index (χ3n) is 7.59. The van der Waals surface area contributed by atoms with Crippen molar-refractivity contribution in [1.82, 2.24) is 39.0 Å². The summed E-state index contributed by atoms with van der Waals surface area (Å²) in [7, 11) is -32.8. The minimum atomic E-state index is -6.88. The Morgan fingerprint density at radius 2 is 0.839 bits per heavy atom. The molecule has 0 aromatic carbocycles. The summed E-state index contributed by atoms with van der Waals surface area (Å²) in [6.07, 6.45) is -9.67. The van der Waals surface area contributed by atoms with E-state index in [1.807, 2.05) is 0 Å². The number of imidazole rings is 2. The van der Waals surface area contributed by atoms with Crippen molar-refractivity contribution in [2.45, 2.75) is 49.1 Å². The Bertz CT molecular complexity index is 2250. The van der Waals surface area contributed by atoms with Gasteiger partial charge in [0.1, 0.15) is 60.3 Å². The third kappa shape index (κ3) is 15.1. The van der Waals surface area contributed by atoms with E-state index in [0.29, 0.717) is 0 Å². The van der Waals surface area contributed by atoms with Crippen LogP contribution in [0, 0.1) is 0 Å². The molecule has 0 spiro atoms. The van der Waals surface area contributed by atoms with Gasteiger partial charge in [-0.3, -0.25) is 32.0 Å². The number of phosphoric ester groups is 2. The smallest absolute Gasteiger partial charge is 0.756 e. The fraction of sp³-hybridized carbons (Fsp3) is 0.500. The fourth-order valence-corrected chi connectivity index (χ4v) is 11.3. The Labute approximate surface area is 456 Å². The number of aliphatic hydroxyl groups excluding tert-OH is 4. The van der Waals surface area contributed by atoms with Crippen LogP contribution in [0.2, 0.25) is 0 Å². The quantitative estimate of drug-likeness (QED) is 0.0448. The van der Waals surface area contributed by atoms with E-state index >= 15 is 0 Å². The molecule has 42 heteroatoms. The van der Waals surface area contributed by atoms with Crippen LogP contribution in [0.3, 0.4) is 0 Å². The molecule has 4 unspecified atom stereocenters. The molecule has 2 aliphatic heterocycles. The van der Waals surface area contributed by atoms with Gasteiger partial charge in [-0.2, -0.15) is 0 Å². The summed E-state index contributed by atoms with van der Waals surface area (Å²) in [6.45, 7) is -2.58. The van der Waals surface area contributed by atoms with Crippen molar-refractivity contribution in [1.29, 1.82) is 0 Å². The van der Waals surface area contributed by atoms with Gasteiger partial charge in [-0.15, -0.1) is 0 Å². The normalized spacial score (nSPS) is 28.3. The molecule has 0 bridgehead atoms. The number of fused-ring (bicyclic) bond motifs is 2. The average Bonchev–Trinajstić information content (AvgIpc) is 3.83. The SMILES string of the molecule is Nc1ncnc2c1ncn2[C@@H]1O[C@H](COP(=O)([O-])OP(=O)([O-])OP(=O)([O-])OP(=O)([O-])OP(=O)([O-])OC[C@H]2O[C@@H](n3cnc4c(N)ncnc43)[C@H](O)[C@@H]2O)[C@@H](O)[C@H]1O.[Na+].[Na+].[Na+].[Na+].[Na+]. The van der Waals surface area contributed by atoms with E-state index in [1.165, 1.54) is 0 Å². The number of hydrogen-bond donors (Lipinski definition) is 6. The Kier molecular flexibility index (Phi) is 24.4. The van der Waals surface area contributed by atoms with Crippen molar-refractivity contribution in [3.05, 3.63) is 25.3 Å². The Balaban J connectivity index is 0.00000384. The van der Waals surface area contributed by atoms with Crippen molar-refractivity contribution in [2.75, 3.05) is 24.7 Å². The van der Waals surface area contributed by atoms with E-state index in [-0.39, 0.29) is 182 Å². The standard InChI is InChI=1S/C20H29N10O22P5.5Na/c21-15-9-17(25-3-23-15)29(5-27-9)19-13(33)11(31)7(47-19)1-45-53(35,36)49-55(39,40)51-57(43,44)52-56(41,42)50-54(37,38)46-2-8-12(32)14(34)20(48-8)30-6-28-10-16(22)24-4-26-18(10)30;;;;;/h3-8,11-14,19-20,31-34H,1-2H2,(H,35,36)(H,37,38)(H,39,40)(H,41,42)(H,43,44)(H2,21,23,25)(H2,22,24,26);;;;;/q;5*+1/p-5/t7-,8-,11-,12-,13-,14-,19-,20-;;;;;/m1...../s1. The largest absolute Gasteiger partial charge is 1.00 e. The van der Waals surface area contributed by atoms with Crippen LogP contribution in [0.5, 0.6) is 0 Å². The molecule has 6 heterocycles. The first-order valence-corrected chi connectivity index (χ1v) is 22.3. The maximum atomic E-state index is 12.2. The van der Waals surface area contributed by atoms with Gasteiger partial charge in [0.2, 0.25) is 0 Å². The summed E-state index contributed by atoms with van der Waals surface area (Å²) >= 11 is 0. The second-order valence-corrected chi connectivity index (χ2v) is 19.0. The van der Waals surface area contributed by atoms with Gasteiger partial charge in [-0.1, -0.05) is 0 Å². The predicted octanol–water partition coefficient (Wildman–Crippen LogP) is -20.5. The van der Waals surface area contributed by atoms with E-state index in [1.54, 1.807) is 0 Å². The first-order chi connectivity index (χ1) is 26.4. The molecule has 62 heavy (non-hydrogen) atoms. The number of aliphatic hydroxyl groups is 4. The molecule has 12 atom stereocenters. The van der Waals surface area contributed by atoms with Crippen molar-refractivity contribution in [3.8, 4) is 0 Å².